The van der Waals surface area contributed by atoms with Crippen LogP contribution in [0.3, 0.4) is 0 Å². The molecule has 1 unspecified atom stereocenters. The van der Waals surface area contributed by atoms with Gasteiger partial charge < -0.3 is 16.0 Å². The lowest BCUT2D eigenvalue weighted by atomic mass is 10.2. The first-order valence-electron chi connectivity index (χ1n) is 5.82. The summed E-state index contributed by atoms with van der Waals surface area (Å²) in [5.74, 6) is 0. The molecule has 0 bridgehead atoms. The minimum atomic E-state index is 0.565. The topological polar surface area (TPSA) is 65.1 Å². The number of nitrogens with two attached hydrogens (primary N) is 1. The average Bonchev–Trinajstić information content (AvgIpc) is 2.68. The molecule has 1 rings (SSSR count). The molecule has 5 heteroatoms. The van der Waals surface area contributed by atoms with E-state index in [-0.39, 0.29) is 0 Å². The molecular formula is C12H20N4S. The van der Waals surface area contributed by atoms with Crippen molar-refractivity contribution in [3.63, 3.8) is 0 Å². The van der Waals surface area contributed by atoms with Crippen LogP contribution in [0.5, 0.6) is 0 Å². The molecule has 4 nitrogen and oxygen atoms in total. The van der Waals surface area contributed by atoms with Crippen LogP contribution in [0.1, 0.15) is 25.1 Å². The Hall–Kier alpha value is -1.25. The summed E-state index contributed by atoms with van der Waals surface area (Å²) in [5, 5.41) is 13.1. The third kappa shape index (κ3) is 3.91. The molecule has 0 aliphatic heterocycles. The van der Waals surface area contributed by atoms with Crippen molar-refractivity contribution >= 4 is 22.0 Å². The molecular weight excluding hydrogens is 232 g/mol. The molecule has 1 aromatic rings. The number of nitrogens with one attached hydrogen (secondary N) is 1. The molecule has 0 amide bonds. The van der Waals surface area contributed by atoms with Crippen molar-refractivity contribution in [2.45, 2.75) is 26.3 Å². The van der Waals surface area contributed by atoms with Crippen molar-refractivity contribution in [3.8, 4) is 6.07 Å². The summed E-state index contributed by atoms with van der Waals surface area (Å²) in [4.78, 5) is 2.90. The molecule has 1 heterocycles. The fraction of sp³-hybridized carbons (Fsp3) is 0.583. The Kier molecular flexibility index (Phi) is 5.26. The molecule has 3 N–H and O–H groups in total. The zero-order chi connectivity index (χ0) is 12.8. The first-order valence-corrected chi connectivity index (χ1v) is 6.63. The van der Waals surface area contributed by atoms with E-state index in [0.717, 1.165) is 24.5 Å². The Morgan fingerprint density at radius 2 is 2.35 bits per heavy atom. The lowest BCUT2D eigenvalue weighted by Gasteiger charge is -2.23. The monoisotopic (exact) mass is 252 g/mol. The van der Waals surface area contributed by atoms with Crippen LogP contribution in [0.2, 0.25) is 0 Å². The van der Waals surface area contributed by atoms with Gasteiger partial charge in [0.05, 0.1) is 10.7 Å². The van der Waals surface area contributed by atoms with Gasteiger partial charge in [0.15, 0.2) is 0 Å². The van der Waals surface area contributed by atoms with E-state index in [9.17, 15) is 0 Å². The Balaban J connectivity index is 2.38. The van der Waals surface area contributed by atoms with Gasteiger partial charge in [0, 0.05) is 19.1 Å². The fourth-order valence-electron chi connectivity index (χ4n) is 1.47. The summed E-state index contributed by atoms with van der Waals surface area (Å²) in [5.41, 5.74) is 6.26. The lowest BCUT2D eigenvalue weighted by Crippen LogP contribution is -2.32. The van der Waals surface area contributed by atoms with Crippen LogP contribution in [0, 0.1) is 11.3 Å². The molecule has 1 aromatic heterocycles. The maximum atomic E-state index is 8.79. The Labute approximate surface area is 107 Å². The van der Waals surface area contributed by atoms with Gasteiger partial charge in [-0.25, -0.2) is 0 Å². The predicted molar refractivity (Wildman–Crippen MR) is 74.3 cm³/mol. The van der Waals surface area contributed by atoms with Crippen LogP contribution >= 0.6 is 11.3 Å². The van der Waals surface area contributed by atoms with Crippen LogP contribution < -0.4 is 11.1 Å². The number of anilines is 2. The highest BCUT2D eigenvalue weighted by Gasteiger charge is 2.07. The van der Waals surface area contributed by atoms with Crippen molar-refractivity contribution in [2.24, 2.45) is 0 Å². The summed E-state index contributed by atoms with van der Waals surface area (Å²) >= 11 is 1.41. The molecule has 94 valence electrons. The van der Waals surface area contributed by atoms with Gasteiger partial charge in [0.2, 0.25) is 0 Å². The van der Waals surface area contributed by atoms with E-state index in [1.807, 2.05) is 6.07 Å². The summed E-state index contributed by atoms with van der Waals surface area (Å²) in [7, 11) is 2.12. The molecule has 1 atom stereocenters. The van der Waals surface area contributed by atoms with Crippen molar-refractivity contribution < 1.29 is 0 Å². The minimum Gasteiger partial charge on any atom is -0.397 e. The molecule has 0 fully saturated rings. The standard InChI is InChI=1S/C12H20N4S/c1-4-9(2)16(3)6-5-15-12-7-10(14)11(8-13)17-12/h7,9,15H,4-6,14H2,1-3H3. The Bertz CT molecular complexity index is 394. The minimum absolute atomic E-state index is 0.565. The second kappa shape index (κ2) is 6.48. The van der Waals surface area contributed by atoms with Crippen LogP contribution in [0.4, 0.5) is 10.7 Å². The van der Waals surface area contributed by atoms with Crippen molar-refractivity contribution in [2.75, 3.05) is 31.2 Å². The number of nitrogens with zero attached hydrogens (tertiary/aromatic N) is 2. The molecule has 0 aliphatic carbocycles. The van der Waals surface area contributed by atoms with Crippen molar-refractivity contribution in [1.82, 2.24) is 4.90 Å². The van der Waals surface area contributed by atoms with Gasteiger partial charge in [-0.2, -0.15) is 5.26 Å². The summed E-state index contributed by atoms with van der Waals surface area (Å²) in [6.07, 6.45) is 1.15. The number of nitrogen functional groups attached to an aromatic ring is 1. The second-order valence-electron chi connectivity index (χ2n) is 4.17. The largest absolute Gasteiger partial charge is 0.397 e. The number of rotatable bonds is 6. The van der Waals surface area contributed by atoms with Gasteiger partial charge in [-0.1, -0.05) is 6.92 Å². The molecule has 0 aromatic carbocycles. The normalized spacial score (nSPS) is 12.4. The summed E-state index contributed by atoms with van der Waals surface area (Å²) in [6, 6.07) is 4.51. The van der Waals surface area contributed by atoms with E-state index < -0.39 is 0 Å². The Morgan fingerprint density at radius 1 is 1.65 bits per heavy atom. The molecule has 17 heavy (non-hydrogen) atoms. The summed E-state index contributed by atoms with van der Waals surface area (Å²) < 4.78 is 0. The number of hydrogen-bond acceptors (Lipinski definition) is 5. The number of hydrogen-bond donors (Lipinski definition) is 2. The first-order chi connectivity index (χ1) is 8.08. The van der Waals surface area contributed by atoms with E-state index in [1.165, 1.54) is 11.3 Å². The smallest absolute Gasteiger partial charge is 0.129 e. The predicted octanol–water partition coefficient (Wildman–Crippen LogP) is 2.34. The van der Waals surface area contributed by atoms with Crippen molar-refractivity contribution in [1.29, 1.82) is 5.26 Å². The quantitative estimate of drug-likeness (QED) is 0.815. The van der Waals surface area contributed by atoms with Crippen LogP contribution in [0.25, 0.3) is 0 Å². The maximum absolute atomic E-state index is 8.79. The second-order valence-corrected chi connectivity index (χ2v) is 5.22. The third-order valence-electron chi connectivity index (χ3n) is 2.97. The highest BCUT2D eigenvalue weighted by Crippen LogP contribution is 2.27. The number of likely N-dealkylation sites (N-methyl/N-ethyl adjacent to an activating group) is 1. The van der Waals surface area contributed by atoms with Crippen LogP contribution in [-0.4, -0.2) is 31.1 Å². The average molecular weight is 252 g/mol. The first kappa shape index (κ1) is 13.8. The molecule has 0 aliphatic rings. The van der Waals surface area contributed by atoms with E-state index in [0.29, 0.717) is 16.6 Å². The van der Waals surface area contributed by atoms with Gasteiger partial charge in [-0.15, -0.1) is 11.3 Å². The fourth-order valence-corrected chi connectivity index (χ4v) is 2.27. The van der Waals surface area contributed by atoms with Gasteiger partial charge in [-0.3, -0.25) is 0 Å². The molecule has 0 radical (unpaired) electrons. The third-order valence-corrected chi connectivity index (χ3v) is 3.98. The Morgan fingerprint density at radius 3 is 2.88 bits per heavy atom. The SMILES string of the molecule is CCC(C)N(C)CCNc1cc(N)c(C#N)s1. The highest BCUT2D eigenvalue weighted by molar-refractivity contribution is 7.17. The maximum Gasteiger partial charge on any atom is 0.129 e. The van der Waals surface area contributed by atoms with Crippen LogP contribution in [0.15, 0.2) is 6.07 Å². The van der Waals surface area contributed by atoms with Gasteiger partial charge in [0.1, 0.15) is 10.9 Å². The molecule has 0 saturated heterocycles. The molecule has 0 saturated carbocycles. The van der Waals surface area contributed by atoms with Crippen LogP contribution in [-0.2, 0) is 0 Å². The zero-order valence-corrected chi connectivity index (χ0v) is 11.5. The lowest BCUT2D eigenvalue weighted by molar-refractivity contribution is 0.261. The van der Waals surface area contributed by atoms with E-state index >= 15 is 0 Å². The number of thiophene rings is 1. The zero-order valence-electron chi connectivity index (χ0n) is 10.7. The summed E-state index contributed by atoms with van der Waals surface area (Å²) in [6.45, 7) is 6.25. The van der Waals surface area contributed by atoms with Gasteiger partial charge in [-0.05, 0) is 26.5 Å². The van der Waals surface area contributed by atoms with Gasteiger partial charge in [0.25, 0.3) is 0 Å². The molecule has 0 spiro atoms. The van der Waals surface area contributed by atoms with E-state index in [2.05, 4.69) is 37.2 Å². The number of nitriles is 1. The van der Waals surface area contributed by atoms with Gasteiger partial charge >= 0.3 is 0 Å². The van der Waals surface area contributed by atoms with E-state index in [4.69, 9.17) is 11.0 Å². The van der Waals surface area contributed by atoms with Crippen molar-refractivity contribution in [3.05, 3.63) is 10.9 Å². The highest BCUT2D eigenvalue weighted by atomic mass is 32.1. The van der Waals surface area contributed by atoms with E-state index in [1.54, 1.807) is 0 Å².